The van der Waals surface area contributed by atoms with Crippen LogP contribution in [0, 0.1) is 10.1 Å². The van der Waals surface area contributed by atoms with Gasteiger partial charge in [-0.1, -0.05) is 0 Å². The molecule has 0 fully saturated rings. The van der Waals surface area contributed by atoms with Crippen LogP contribution in [0.5, 0.6) is 0 Å². The van der Waals surface area contributed by atoms with Gasteiger partial charge in [0.2, 0.25) is 15.3 Å². The van der Waals surface area contributed by atoms with E-state index in [-0.39, 0.29) is 17.0 Å². The van der Waals surface area contributed by atoms with Gasteiger partial charge in [-0.25, -0.2) is 8.42 Å². The van der Waals surface area contributed by atoms with Gasteiger partial charge in [0, 0.05) is 31.6 Å². The summed E-state index contributed by atoms with van der Waals surface area (Å²) in [6, 6.07) is 3.91. The molecule has 110 valence electrons. The lowest BCUT2D eigenvalue weighted by atomic mass is 10.3. The number of carbonyl (C=O) groups is 1. The van der Waals surface area contributed by atoms with Crippen molar-refractivity contribution in [3.05, 3.63) is 34.4 Å². The molecule has 1 aromatic rings. The summed E-state index contributed by atoms with van der Waals surface area (Å²) in [4.78, 5) is 20.6. The number of nitro groups is 1. The molecule has 0 radical (unpaired) electrons. The summed E-state index contributed by atoms with van der Waals surface area (Å²) < 4.78 is 25.5. The lowest BCUT2D eigenvalue weighted by molar-refractivity contribution is -0.384. The number of carbonyl (C=O) groups excluding carboxylic acids is 1. The molecular formula is C11H13ClN2O5S. The molecule has 0 aromatic heterocycles. The fourth-order valence-corrected chi connectivity index (χ4v) is 3.09. The quantitative estimate of drug-likeness (QED) is 0.452. The Morgan fingerprint density at radius 3 is 2.30 bits per heavy atom. The minimum Gasteiger partial charge on any atom is -0.281 e. The molecule has 7 nitrogen and oxygen atoms in total. The fraction of sp³-hybridized carbons (Fsp3) is 0.364. The molecule has 20 heavy (non-hydrogen) atoms. The van der Waals surface area contributed by atoms with E-state index in [0.29, 0.717) is 0 Å². The third-order valence-electron chi connectivity index (χ3n) is 2.80. The number of non-ortho nitro benzene ring substituents is 1. The molecule has 0 aliphatic heterocycles. The second kappa shape index (κ2) is 6.29. The Morgan fingerprint density at radius 2 is 1.90 bits per heavy atom. The minimum atomic E-state index is -3.83. The van der Waals surface area contributed by atoms with Crippen molar-refractivity contribution in [2.45, 2.75) is 24.3 Å². The summed E-state index contributed by atoms with van der Waals surface area (Å²) in [7, 11) is -2.51. The molecule has 0 aliphatic carbocycles. The Hall–Kier alpha value is -1.51. The third kappa shape index (κ3) is 3.75. The number of nitro benzene ring substituents is 1. The van der Waals surface area contributed by atoms with E-state index in [2.05, 4.69) is 0 Å². The summed E-state index contributed by atoms with van der Waals surface area (Å²) >= 11 is 5.23. The van der Waals surface area contributed by atoms with Crippen LogP contribution in [0.25, 0.3) is 0 Å². The van der Waals surface area contributed by atoms with Gasteiger partial charge in [-0.3, -0.25) is 14.9 Å². The van der Waals surface area contributed by atoms with Crippen LogP contribution in [0.4, 0.5) is 5.69 Å². The molecule has 1 atom stereocenters. The number of nitrogens with zero attached hydrogens (tertiary/aromatic N) is 2. The van der Waals surface area contributed by atoms with Crippen LogP contribution in [0.2, 0.25) is 0 Å². The number of hydrogen-bond donors (Lipinski definition) is 0. The smallest absolute Gasteiger partial charge is 0.269 e. The molecule has 0 aliphatic rings. The van der Waals surface area contributed by atoms with Gasteiger partial charge in [0.1, 0.15) is 0 Å². The maximum Gasteiger partial charge on any atom is 0.269 e. The van der Waals surface area contributed by atoms with Crippen LogP contribution in [0.3, 0.4) is 0 Å². The highest BCUT2D eigenvalue weighted by molar-refractivity contribution is 7.89. The van der Waals surface area contributed by atoms with Crippen LogP contribution in [0.15, 0.2) is 29.2 Å². The first-order valence-electron chi connectivity index (χ1n) is 5.57. The standard InChI is InChI=1S/C11H13ClN2O5S/c1-8(7-11(12)15)13(2)20(18,19)10-5-3-9(4-6-10)14(16)17/h3-6,8H,7H2,1-2H3/t8-/m0/s1. The topological polar surface area (TPSA) is 97.6 Å². The molecule has 9 heteroatoms. The van der Waals surface area contributed by atoms with Crippen LogP contribution in [0.1, 0.15) is 13.3 Å². The van der Waals surface area contributed by atoms with Crippen molar-refractivity contribution in [1.82, 2.24) is 4.31 Å². The average Bonchev–Trinajstić information content (AvgIpc) is 2.37. The van der Waals surface area contributed by atoms with E-state index in [9.17, 15) is 23.3 Å². The number of halogens is 1. The van der Waals surface area contributed by atoms with Crippen LogP contribution >= 0.6 is 11.6 Å². The van der Waals surface area contributed by atoms with Crippen molar-refractivity contribution < 1.29 is 18.1 Å². The molecule has 1 aromatic carbocycles. The lowest BCUT2D eigenvalue weighted by Gasteiger charge is -2.23. The van der Waals surface area contributed by atoms with Gasteiger partial charge >= 0.3 is 0 Å². The predicted octanol–water partition coefficient (Wildman–Crippen LogP) is 1.76. The first-order chi connectivity index (χ1) is 9.16. The molecule has 1 rings (SSSR count). The predicted molar refractivity (Wildman–Crippen MR) is 73.0 cm³/mol. The van der Waals surface area contributed by atoms with E-state index in [1.165, 1.54) is 7.05 Å². The molecule has 0 unspecified atom stereocenters. The Balaban J connectivity index is 3.03. The van der Waals surface area contributed by atoms with E-state index in [0.717, 1.165) is 28.6 Å². The molecule has 0 spiro atoms. The van der Waals surface area contributed by atoms with Crippen LogP contribution in [-0.4, -0.2) is 36.0 Å². The number of hydrogen-bond acceptors (Lipinski definition) is 5. The van der Waals surface area contributed by atoms with E-state index in [4.69, 9.17) is 11.6 Å². The van der Waals surface area contributed by atoms with Crippen molar-refractivity contribution in [2.75, 3.05) is 7.05 Å². The van der Waals surface area contributed by atoms with Gasteiger partial charge < -0.3 is 0 Å². The van der Waals surface area contributed by atoms with Crippen molar-refractivity contribution in [3.63, 3.8) is 0 Å². The molecule has 0 amide bonds. The SMILES string of the molecule is C[C@@H](CC(=O)Cl)N(C)S(=O)(=O)c1ccc([N+](=O)[O-])cc1. The summed E-state index contributed by atoms with van der Waals surface area (Å²) in [5.41, 5.74) is -0.199. The zero-order valence-electron chi connectivity index (χ0n) is 10.8. The van der Waals surface area contributed by atoms with E-state index in [1.807, 2.05) is 0 Å². The molecular weight excluding hydrogens is 308 g/mol. The molecule has 0 bridgehead atoms. The van der Waals surface area contributed by atoms with Gasteiger partial charge in [-0.2, -0.15) is 4.31 Å². The van der Waals surface area contributed by atoms with E-state index < -0.39 is 26.2 Å². The van der Waals surface area contributed by atoms with E-state index >= 15 is 0 Å². The zero-order valence-corrected chi connectivity index (χ0v) is 12.4. The largest absolute Gasteiger partial charge is 0.281 e. The molecule has 0 saturated carbocycles. The minimum absolute atomic E-state index is 0.0838. The molecule has 0 saturated heterocycles. The zero-order chi connectivity index (χ0) is 15.5. The van der Waals surface area contributed by atoms with Gasteiger partial charge in [0.15, 0.2) is 0 Å². The lowest BCUT2D eigenvalue weighted by Crippen LogP contribution is -2.35. The van der Waals surface area contributed by atoms with Crippen LogP contribution in [-0.2, 0) is 14.8 Å². The van der Waals surface area contributed by atoms with Gasteiger partial charge in [-0.15, -0.1) is 0 Å². The van der Waals surface area contributed by atoms with Gasteiger partial charge in [0.05, 0.1) is 9.82 Å². The highest BCUT2D eigenvalue weighted by Gasteiger charge is 2.26. The second-order valence-electron chi connectivity index (χ2n) is 4.18. The maximum absolute atomic E-state index is 12.2. The second-order valence-corrected chi connectivity index (χ2v) is 6.60. The normalized spacial score (nSPS) is 13.2. The fourth-order valence-electron chi connectivity index (χ4n) is 1.50. The highest BCUT2D eigenvalue weighted by Crippen LogP contribution is 2.21. The number of rotatable bonds is 6. The van der Waals surface area contributed by atoms with E-state index in [1.54, 1.807) is 6.92 Å². The summed E-state index contributed by atoms with van der Waals surface area (Å²) in [6.45, 7) is 1.54. The highest BCUT2D eigenvalue weighted by atomic mass is 35.5. The Morgan fingerprint density at radius 1 is 1.40 bits per heavy atom. The van der Waals surface area contributed by atoms with Crippen molar-refractivity contribution in [1.29, 1.82) is 0 Å². The van der Waals surface area contributed by atoms with Crippen LogP contribution < -0.4 is 0 Å². The Kier molecular flexibility index (Phi) is 5.21. The van der Waals surface area contributed by atoms with Gasteiger partial charge in [-0.05, 0) is 30.7 Å². The molecule has 0 N–H and O–H groups in total. The van der Waals surface area contributed by atoms with Gasteiger partial charge in [0.25, 0.3) is 5.69 Å². The Bertz CT molecular complexity index is 614. The maximum atomic E-state index is 12.2. The summed E-state index contributed by atoms with van der Waals surface area (Å²) in [6.07, 6.45) is -0.121. The van der Waals surface area contributed by atoms with Crippen molar-refractivity contribution >= 4 is 32.6 Å². The third-order valence-corrected chi connectivity index (χ3v) is 4.94. The Labute approximate surface area is 121 Å². The average molecular weight is 321 g/mol. The number of benzene rings is 1. The first kappa shape index (κ1) is 16.5. The monoisotopic (exact) mass is 320 g/mol. The molecule has 0 heterocycles. The van der Waals surface area contributed by atoms with Crippen molar-refractivity contribution in [3.8, 4) is 0 Å². The summed E-state index contributed by atoms with van der Waals surface area (Å²) in [5, 5.41) is 9.88. The van der Waals surface area contributed by atoms with Crippen molar-refractivity contribution in [2.24, 2.45) is 0 Å². The number of sulfonamides is 1. The first-order valence-corrected chi connectivity index (χ1v) is 7.39. The summed E-state index contributed by atoms with van der Waals surface area (Å²) in [5.74, 6) is 0.